The molecule has 1 nitrogen and oxygen atoms in total. The minimum absolute atomic E-state index is 0.339. The topological polar surface area (TPSA) is 3.24 Å². The lowest BCUT2D eigenvalue weighted by atomic mass is 9.76. The lowest BCUT2D eigenvalue weighted by Crippen LogP contribution is -2.44. The van der Waals surface area contributed by atoms with Crippen LogP contribution in [0.5, 0.6) is 0 Å². The maximum absolute atomic E-state index is 3.73. The lowest BCUT2D eigenvalue weighted by molar-refractivity contribution is 0.609. The minimum Gasteiger partial charge on any atom is -0.364 e. The van der Waals surface area contributed by atoms with Gasteiger partial charge in [0.25, 0.3) is 0 Å². The van der Waals surface area contributed by atoms with E-state index < -0.39 is 0 Å². The van der Waals surface area contributed by atoms with Gasteiger partial charge in [-0.25, -0.2) is 0 Å². The minimum atomic E-state index is 0.339. The SMILES string of the molecule is C[C@H]1[C]2[CH][CH][CH][C]2[C]2[CH][CH][CH][C]2[C@H](C)N1c1ccccc1Br. The zero-order valence-corrected chi connectivity index (χ0v) is 14.3. The Hall–Kier alpha value is -0.500. The molecule has 3 fully saturated rings. The summed E-state index contributed by atoms with van der Waals surface area (Å²) in [7, 11) is 0. The lowest BCUT2D eigenvalue weighted by Gasteiger charge is -2.40. The van der Waals surface area contributed by atoms with Crippen molar-refractivity contribution in [1.29, 1.82) is 0 Å². The molecular weight excluding hydrogens is 334 g/mol. The van der Waals surface area contributed by atoms with Crippen LogP contribution in [-0.2, 0) is 0 Å². The fourth-order valence-corrected chi connectivity index (χ4v) is 4.29. The summed E-state index contributed by atoms with van der Waals surface area (Å²) in [6, 6.07) is 9.19. The van der Waals surface area contributed by atoms with Crippen molar-refractivity contribution in [3.63, 3.8) is 0 Å². The van der Waals surface area contributed by atoms with E-state index in [0.717, 1.165) is 4.47 Å². The molecule has 10 radical (unpaired) electrons. The number of para-hydroxylation sites is 1. The van der Waals surface area contributed by atoms with Crippen molar-refractivity contribution in [2.45, 2.75) is 25.9 Å². The molecule has 110 valence electrons. The number of hydrogen-bond donors (Lipinski definition) is 0. The Morgan fingerprint density at radius 3 is 1.91 bits per heavy atom. The Morgan fingerprint density at radius 1 is 0.818 bits per heavy atom. The van der Waals surface area contributed by atoms with Crippen LogP contribution < -0.4 is 4.90 Å². The summed E-state index contributed by atoms with van der Waals surface area (Å²) in [6.45, 7) is 4.61. The van der Waals surface area contributed by atoms with Gasteiger partial charge in [0.2, 0.25) is 0 Å². The predicted octanol–water partition coefficient (Wildman–Crippen LogP) is 4.60. The van der Waals surface area contributed by atoms with Crippen LogP contribution in [0.1, 0.15) is 13.8 Å². The van der Waals surface area contributed by atoms with Gasteiger partial charge in [-0.2, -0.15) is 0 Å². The van der Waals surface area contributed by atoms with Crippen LogP contribution in [0, 0.1) is 62.2 Å². The third kappa shape index (κ3) is 2.25. The molecule has 2 heteroatoms. The standard InChI is InChI=1S/C20H18BrN/c1-13-15-7-5-9-17(15)18-10-6-8-16(18)14(2)22(13)20-12-4-3-11-19(20)21/h3-14H,1-2H3/t13-,14-/m0/s1. The molecule has 0 aromatic heterocycles. The third-order valence-corrected chi connectivity index (χ3v) is 5.53. The van der Waals surface area contributed by atoms with Gasteiger partial charge in [-0.3, -0.25) is 0 Å². The Kier molecular flexibility index (Phi) is 4.00. The monoisotopic (exact) mass is 351 g/mol. The van der Waals surface area contributed by atoms with Crippen LogP contribution >= 0.6 is 15.9 Å². The van der Waals surface area contributed by atoms with E-state index in [1.807, 2.05) is 0 Å². The number of rotatable bonds is 1. The fraction of sp³-hybridized carbons (Fsp3) is 0.200. The van der Waals surface area contributed by atoms with Gasteiger partial charge in [-0.05, 0) is 92.3 Å². The van der Waals surface area contributed by atoms with E-state index in [4.69, 9.17) is 0 Å². The second-order valence-electron chi connectivity index (χ2n) is 6.00. The molecule has 0 spiro atoms. The number of halogens is 1. The fourth-order valence-electron chi connectivity index (χ4n) is 3.80. The second-order valence-corrected chi connectivity index (χ2v) is 6.85. The normalized spacial score (nSPS) is 31.3. The van der Waals surface area contributed by atoms with Gasteiger partial charge in [-0.15, -0.1) is 0 Å². The molecule has 1 aliphatic heterocycles. The highest BCUT2D eigenvalue weighted by Gasteiger charge is 2.51. The molecule has 0 N–H and O–H groups in total. The molecule has 1 aromatic carbocycles. The van der Waals surface area contributed by atoms with Crippen molar-refractivity contribution in [3.8, 4) is 0 Å². The van der Waals surface area contributed by atoms with Gasteiger partial charge in [0.05, 0.1) is 5.69 Å². The summed E-state index contributed by atoms with van der Waals surface area (Å²) >= 11 is 3.73. The number of nitrogens with zero attached hydrogens (tertiary/aromatic N) is 1. The Labute approximate surface area is 143 Å². The first kappa shape index (κ1) is 15.1. The molecular formula is C20H18BrN. The summed E-state index contributed by atoms with van der Waals surface area (Å²) in [6.07, 6.45) is 13.4. The molecule has 4 rings (SSSR count). The summed E-state index contributed by atoms with van der Waals surface area (Å²) in [5, 5.41) is 0. The van der Waals surface area contributed by atoms with Gasteiger partial charge < -0.3 is 4.90 Å². The van der Waals surface area contributed by atoms with Crippen molar-refractivity contribution in [2.24, 2.45) is 0 Å². The molecule has 1 heterocycles. The van der Waals surface area contributed by atoms with Gasteiger partial charge in [0.15, 0.2) is 0 Å². The van der Waals surface area contributed by atoms with E-state index in [1.165, 1.54) is 29.4 Å². The molecule has 0 bridgehead atoms. The molecule has 22 heavy (non-hydrogen) atoms. The molecule has 2 saturated carbocycles. The summed E-state index contributed by atoms with van der Waals surface area (Å²) in [5.41, 5.74) is 1.25. The van der Waals surface area contributed by atoms with E-state index in [1.54, 1.807) is 0 Å². The van der Waals surface area contributed by atoms with Crippen LogP contribution in [0.3, 0.4) is 0 Å². The molecule has 2 atom stereocenters. The van der Waals surface area contributed by atoms with Crippen LogP contribution in [0.2, 0.25) is 0 Å². The summed E-state index contributed by atoms with van der Waals surface area (Å²) < 4.78 is 1.15. The van der Waals surface area contributed by atoms with Crippen LogP contribution in [0.15, 0.2) is 28.7 Å². The first-order valence-electron chi connectivity index (χ1n) is 7.73. The van der Waals surface area contributed by atoms with Crippen molar-refractivity contribution in [1.82, 2.24) is 0 Å². The van der Waals surface area contributed by atoms with Crippen LogP contribution in [-0.4, -0.2) is 12.1 Å². The summed E-state index contributed by atoms with van der Waals surface area (Å²) in [4.78, 5) is 2.52. The highest BCUT2D eigenvalue weighted by molar-refractivity contribution is 9.10. The first-order chi connectivity index (χ1) is 10.7. The first-order valence-corrected chi connectivity index (χ1v) is 8.52. The smallest absolute Gasteiger partial charge is 0.0515 e. The quantitative estimate of drug-likeness (QED) is 0.714. The van der Waals surface area contributed by atoms with Gasteiger partial charge in [0, 0.05) is 28.4 Å². The largest absolute Gasteiger partial charge is 0.364 e. The van der Waals surface area contributed by atoms with Gasteiger partial charge in [0.1, 0.15) is 0 Å². The molecule has 1 saturated heterocycles. The molecule has 3 aliphatic rings. The zero-order valence-electron chi connectivity index (χ0n) is 12.8. The summed E-state index contributed by atoms with van der Waals surface area (Å²) in [5.74, 6) is 5.59. The maximum Gasteiger partial charge on any atom is 0.0515 e. The number of fused-ring (bicyclic) bond motifs is 3. The molecule has 1 aromatic rings. The Morgan fingerprint density at radius 2 is 1.36 bits per heavy atom. The van der Waals surface area contributed by atoms with Crippen LogP contribution in [0.25, 0.3) is 0 Å². The molecule has 0 amide bonds. The number of benzene rings is 1. The van der Waals surface area contributed by atoms with Crippen molar-refractivity contribution in [2.75, 3.05) is 4.90 Å². The molecule has 2 aliphatic carbocycles. The van der Waals surface area contributed by atoms with E-state index >= 15 is 0 Å². The highest BCUT2D eigenvalue weighted by Crippen LogP contribution is 2.56. The zero-order chi connectivity index (χ0) is 15.3. The maximum atomic E-state index is 3.73. The molecule has 0 unspecified atom stereocenters. The highest BCUT2D eigenvalue weighted by atomic mass is 79.9. The Balaban J connectivity index is 1.78. The van der Waals surface area contributed by atoms with E-state index in [-0.39, 0.29) is 0 Å². The number of anilines is 1. The van der Waals surface area contributed by atoms with E-state index in [2.05, 4.69) is 97.5 Å². The van der Waals surface area contributed by atoms with Crippen LogP contribution in [0.4, 0.5) is 5.69 Å². The van der Waals surface area contributed by atoms with E-state index in [9.17, 15) is 0 Å². The predicted molar refractivity (Wildman–Crippen MR) is 94.3 cm³/mol. The average molecular weight is 352 g/mol. The van der Waals surface area contributed by atoms with Crippen molar-refractivity contribution < 1.29 is 0 Å². The van der Waals surface area contributed by atoms with Gasteiger partial charge in [-0.1, -0.05) is 12.1 Å². The van der Waals surface area contributed by atoms with Crippen molar-refractivity contribution in [3.05, 3.63) is 90.9 Å². The number of hydrogen-bond acceptors (Lipinski definition) is 1. The van der Waals surface area contributed by atoms with Gasteiger partial charge >= 0.3 is 0 Å². The van der Waals surface area contributed by atoms with E-state index in [0.29, 0.717) is 12.1 Å². The Bertz CT molecular complexity index is 516. The van der Waals surface area contributed by atoms with Crippen molar-refractivity contribution >= 4 is 21.6 Å². The second kappa shape index (κ2) is 5.85. The third-order valence-electron chi connectivity index (χ3n) is 4.85. The average Bonchev–Trinajstić information content (AvgIpc) is 3.15.